The number of nitriles is 1. The Hall–Kier alpha value is -1.12. The van der Waals surface area contributed by atoms with Crippen molar-refractivity contribution in [1.29, 1.82) is 5.26 Å². The second-order valence-corrected chi connectivity index (χ2v) is 4.67. The van der Waals surface area contributed by atoms with Gasteiger partial charge < -0.3 is 0 Å². The van der Waals surface area contributed by atoms with E-state index in [1.54, 1.807) is 0 Å². The average molecular weight is 220 g/mol. The van der Waals surface area contributed by atoms with Crippen LogP contribution in [0.15, 0.2) is 23.1 Å². The van der Waals surface area contributed by atoms with Gasteiger partial charge in [-0.2, -0.15) is 5.26 Å². The van der Waals surface area contributed by atoms with Gasteiger partial charge in [-0.25, -0.2) is 12.8 Å². The fourth-order valence-corrected chi connectivity index (χ4v) is 1.99. The van der Waals surface area contributed by atoms with Crippen LogP contribution in [0, 0.1) is 17.1 Å². The molecule has 0 bridgehead atoms. The predicted octanol–water partition coefficient (Wildman–Crippen LogP) is 1.62. The lowest BCUT2D eigenvalue weighted by atomic mass is 10.2. The molecule has 0 saturated carbocycles. The second kappa shape index (κ2) is 3.32. The van der Waals surface area contributed by atoms with Gasteiger partial charge in [0.15, 0.2) is 0 Å². The molecule has 0 spiro atoms. The normalized spacial score (nSPS) is 10.8. The van der Waals surface area contributed by atoms with Crippen LogP contribution in [0.25, 0.3) is 0 Å². The van der Waals surface area contributed by atoms with E-state index in [0.717, 1.165) is 6.07 Å². The Morgan fingerprint density at radius 1 is 1.46 bits per heavy atom. The predicted molar refractivity (Wildman–Crippen MR) is 44.2 cm³/mol. The topological polar surface area (TPSA) is 57.9 Å². The van der Waals surface area contributed by atoms with Gasteiger partial charge in [0.25, 0.3) is 9.05 Å². The van der Waals surface area contributed by atoms with Crippen LogP contribution in [0.3, 0.4) is 0 Å². The molecule has 1 aromatic rings. The summed E-state index contributed by atoms with van der Waals surface area (Å²) < 4.78 is 34.5. The molecular weight excluding hydrogens is 217 g/mol. The molecule has 0 amide bonds. The van der Waals surface area contributed by atoms with Crippen LogP contribution >= 0.6 is 10.7 Å². The summed E-state index contributed by atoms with van der Waals surface area (Å²) in [5.74, 6) is -1.02. The number of rotatable bonds is 1. The molecule has 1 aromatic carbocycles. The highest BCUT2D eigenvalue weighted by Gasteiger charge is 2.20. The number of halogens is 2. The van der Waals surface area contributed by atoms with Crippen LogP contribution in [0.2, 0.25) is 0 Å². The zero-order valence-corrected chi connectivity index (χ0v) is 7.73. The lowest BCUT2D eigenvalue weighted by molar-refractivity contribution is 0.574. The standard InChI is InChI=1S/C7H3ClFNO2S/c8-13(11,12)7-5(4-10)2-1-3-6(7)9/h1-3H. The summed E-state index contributed by atoms with van der Waals surface area (Å²) in [7, 11) is 0.727. The minimum Gasteiger partial charge on any atom is -0.207 e. The van der Waals surface area contributed by atoms with Crippen LogP contribution in [-0.2, 0) is 9.05 Å². The molecule has 1 rings (SSSR count). The average Bonchev–Trinajstić information content (AvgIpc) is 2.01. The van der Waals surface area contributed by atoms with E-state index < -0.39 is 19.8 Å². The van der Waals surface area contributed by atoms with Crippen molar-refractivity contribution in [2.24, 2.45) is 0 Å². The number of hydrogen-bond acceptors (Lipinski definition) is 3. The highest BCUT2D eigenvalue weighted by atomic mass is 35.7. The molecule has 13 heavy (non-hydrogen) atoms. The minimum absolute atomic E-state index is 0.296. The third kappa shape index (κ3) is 1.97. The molecular formula is C7H3ClFNO2S. The summed E-state index contributed by atoms with van der Waals surface area (Å²) in [5, 5.41) is 8.47. The van der Waals surface area contributed by atoms with Crippen molar-refractivity contribution in [3.8, 4) is 6.07 Å². The molecule has 6 heteroatoms. The second-order valence-electron chi connectivity index (χ2n) is 2.17. The van der Waals surface area contributed by atoms with E-state index in [4.69, 9.17) is 15.9 Å². The maximum absolute atomic E-state index is 12.9. The monoisotopic (exact) mass is 219 g/mol. The van der Waals surface area contributed by atoms with Gasteiger partial charge in [0.05, 0.1) is 5.56 Å². The number of benzene rings is 1. The lowest BCUT2D eigenvalue weighted by Crippen LogP contribution is -1.98. The number of hydrogen-bond donors (Lipinski definition) is 0. The first kappa shape index (κ1) is 9.96. The molecule has 0 saturated heterocycles. The molecule has 0 heterocycles. The molecule has 0 fully saturated rings. The fourth-order valence-electron chi connectivity index (χ4n) is 0.845. The highest BCUT2D eigenvalue weighted by molar-refractivity contribution is 8.13. The molecule has 0 radical (unpaired) electrons. The van der Waals surface area contributed by atoms with E-state index in [-0.39, 0.29) is 5.56 Å². The van der Waals surface area contributed by atoms with Crippen molar-refractivity contribution >= 4 is 19.7 Å². The van der Waals surface area contributed by atoms with Crippen molar-refractivity contribution in [2.75, 3.05) is 0 Å². The summed E-state index contributed by atoms with van der Waals surface area (Å²) in [6, 6.07) is 4.88. The van der Waals surface area contributed by atoms with E-state index in [1.807, 2.05) is 0 Å². The first-order chi connectivity index (χ1) is 5.96. The molecule has 68 valence electrons. The lowest BCUT2D eigenvalue weighted by Gasteiger charge is -1.99. The third-order valence-electron chi connectivity index (χ3n) is 1.33. The Labute approximate surface area is 78.8 Å². The quantitative estimate of drug-likeness (QED) is 0.675. The van der Waals surface area contributed by atoms with Gasteiger partial charge in [-0.1, -0.05) is 6.07 Å². The summed E-state index contributed by atoms with van der Waals surface area (Å²) >= 11 is 0. The van der Waals surface area contributed by atoms with Crippen molar-refractivity contribution < 1.29 is 12.8 Å². The Balaban J connectivity index is 3.62. The van der Waals surface area contributed by atoms with E-state index >= 15 is 0 Å². The smallest absolute Gasteiger partial charge is 0.207 e. The van der Waals surface area contributed by atoms with E-state index in [1.165, 1.54) is 18.2 Å². The van der Waals surface area contributed by atoms with Gasteiger partial charge in [0, 0.05) is 10.7 Å². The maximum atomic E-state index is 12.9. The summed E-state index contributed by atoms with van der Waals surface area (Å²) in [5.41, 5.74) is -0.296. The van der Waals surface area contributed by atoms with Crippen molar-refractivity contribution in [2.45, 2.75) is 4.90 Å². The molecule has 0 aliphatic heterocycles. The van der Waals surface area contributed by atoms with E-state index in [2.05, 4.69) is 0 Å². The molecule has 0 aliphatic carbocycles. The third-order valence-corrected chi connectivity index (χ3v) is 2.70. The van der Waals surface area contributed by atoms with E-state index in [9.17, 15) is 12.8 Å². The first-order valence-corrected chi connectivity index (χ1v) is 5.41. The minimum atomic E-state index is -4.20. The van der Waals surface area contributed by atoms with Gasteiger partial charge in [0.2, 0.25) is 0 Å². The molecule has 0 aliphatic rings. The first-order valence-electron chi connectivity index (χ1n) is 3.10. The van der Waals surface area contributed by atoms with Gasteiger partial charge in [-0.3, -0.25) is 0 Å². The zero-order chi connectivity index (χ0) is 10.1. The van der Waals surface area contributed by atoms with Crippen LogP contribution < -0.4 is 0 Å². The van der Waals surface area contributed by atoms with Crippen molar-refractivity contribution in [1.82, 2.24) is 0 Å². The molecule has 0 N–H and O–H groups in total. The van der Waals surface area contributed by atoms with Gasteiger partial charge in [-0.05, 0) is 12.1 Å². The van der Waals surface area contributed by atoms with Crippen molar-refractivity contribution in [3.05, 3.63) is 29.6 Å². The fraction of sp³-hybridized carbons (Fsp3) is 0. The highest BCUT2D eigenvalue weighted by Crippen LogP contribution is 2.22. The SMILES string of the molecule is N#Cc1cccc(F)c1S(=O)(=O)Cl. The van der Waals surface area contributed by atoms with E-state index in [0.29, 0.717) is 0 Å². The van der Waals surface area contributed by atoms with Crippen LogP contribution in [0.5, 0.6) is 0 Å². The van der Waals surface area contributed by atoms with Gasteiger partial charge in [-0.15, -0.1) is 0 Å². The van der Waals surface area contributed by atoms with Crippen LogP contribution in [0.4, 0.5) is 4.39 Å². The summed E-state index contributed by atoms with van der Waals surface area (Å²) in [4.78, 5) is -0.765. The Morgan fingerprint density at radius 3 is 2.46 bits per heavy atom. The van der Waals surface area contributed by atoms with Crippen molar-refractivity contribution in [3.63, 3.8) is 0 Å². The van der Waals surface area contributed by atoms with Gasteiger partial charge >= 0.3 is 0 Å². The molecule has 0 unspecified atom stereocenters. The van der Waals surface area contributed by atoms with Gasteiger partial charge in [0.1, 0.15) is 16.8 Å². The zero-order valence-electron chi connectivity index (χ0n) is 6.16. The molecule has 0 aromatic heterocycles. The Morgan fingerprint density at radius 2 is 2.08 bits per heavy atom. The van der Waals surface area contributed by atoms with Crippen LogP contribution in [-0.4, -0.2) is 8.42 Å². The number of nitrogens with zero attached hydrogens (tertiary/aromatic N) is 1. The Bertz CT molecular complexity index is 478. The molecule has 0 atom stereocenters. The summed E-state index contributed by atoms with van der Waals surface area (Å²) in [6.07, 6.45) is 0. The largest absolute Gasteiger partial charge is 0.265 e. The summed E-state index contributed by atoms with van der Waals surface area (Å²) in [6.45, 7) is 0. The maximum Gasteiger partial charge on any atom is 0.265 e. The van der Waals surface area contributed by atoms with Crippen LogP contribution in [0.1, 0.15) is 5.56 Å². The Kier molecular flexibility index (Phi) is 2.55. The molecule has 3 nitrogen and oxygen atoms in total.